The molecule has 0 fully saturated rings. The van der Waals surface area contributed by atoms with Crippen LogP contribution in [0.2, 0.25) is 0 Å². The highest BCUT2D eigenvalue weighted by Gasteiger charge is 2.19. The predicted molar refractivity (Wildman–Crippen MR) is 56.8 cm³/mol. The van der Waals surface area contributed by atoms with E-state index >= 15 is 0 Å². The summed E-state index contributed by atoms with van der Waals surface area (Å²) in [7, 11) is -1.81. The molecule has 0 amide bonds. The van der Waals surface area contributed by atoms with Crippen molar-refractivity contribution in [1.82, 2.24) is 0 Å². The lowest BCUT2D eigenvalue weighted by Gasteiger charge is -2.08. The minimum atomic E-state index is -1.81. The van der Waals surface area contributed by atoms with E-state index in [4.69, 9.17) is 20.7 Å². The molecule has 0 aliphatic heterocycles. The van der Waals surface area contributed by atoms with E-state index in [2.05, 4.69) is 10.0 Å². The number of benzene rings is 1. The summed E-state index contributed by atoms with van der Waals surface area (Å²) in [5.74, 6) is -1.24. The number of carboxylic acids is 1. The molecule has 16 heavy (non-hydrogen) atoms. The summed E-state index contributed by atoms with van der Waals surface area (Å²) in [4.78, 5) is 13.3. The highest BCUT2D eigenvalue weighted by Crippen LogP contribution is 2.19. The van der Waals surface area contributed by atoms with Crippen LogP contribution in [0.1, 0.15) is 15.9 Å². The topological polar surface area (TPSA) is 127 Å². The lowest BCUT2D eigenvalue weighted by atomic mass is 9.76. The maximum atomic E-state index is 10.7. The molecule has 0 saturated heterocycles. The van der Waals surface area contributed by atoms with Crippen molar-refractivity contribution in [3.8, 4) is 0 Å². The SMILES string of the molecule is Cc1c(N=[N+]=[N-])cc(C(=O)O)cc1B(O)O. The Morgan fingerprint density at radius 3 is 2.56 bits per heavy atom. The van der Waals surface area contributed by atoms with Gasteiger partial charge in [-0.3, -0.25) is 0 Å². The van der Waals surface area contributed by atoms with Crippen LogP contribution in [0, 0.1) is 6.92 Å². The molecule has 0 radical (unpaired) electrons. The van der Waals surface area contributed by atoms with E-state index in [1.54, 1.807) is 0 Å². The third-order valence-electron chi connectivity index (χ3n) is 2.10. The van der Waals surface area contributed by atoms with Crippen LogP contribution in [0.3, 0.4) is 0 Å². The van der Waals surface area contributed by atoms with Gasteiger partial charge in [0.05, 0.1) is 5.56 Å². The monoisotopic (exact) mass is 221 g/mol. The minimum absolute atomic E-state index is 0.00213. The number of hydrogen-bond acceptors (Lipinski definition) is 4. The molecule has 0 spiro atoms. The minimum Gasteiger partial charge on any atom is -0.478 e. The van der Waals surface area contributed by atoms with Crippen molar-refractivity contribution < 1.29 is 19.9 Å². The second-order valence-corrected chi connectivity index (χ2v) is 3.08. The van der Waals surface area contributed by atoms with Gasteiger partial charge in [0, 0.05) is 10.6 Å². The molecule has 0 heterocycles. The number of hydrogen-bond donors (Lipinski definition) is 3. The Kier molecular flexibility index (Phi) is 3.52. The smallest absolute Gasteiger partial charge is 0.478 e. The third-order valence-corrected chi connectivity index (χ3v) is 2.10. The van der Waals surface area contributed by atoms with Gasteiger partial charge in [0.1, 0.15) is 0 Å². The van der Waals surface area contributed by atoms with Crippen molar-refractivity contribution >= 4 is 24.2 Å². The summed E-state index contributed by atoms with van der Waals surface area (Å²) >= 11 is 0. The van der Waals surface area contributed by atoms with Crippen LogP contribution in [0.5, 0.6) is 0 Å². The number of nitrogens with zero attached hydrogens (tertiary/aromatic N) is 3. The van der Waals surface area contributed by atoms with Crippen LogP contribution >= 0.6 is 0 Å². The van der Waals surface area contributed by atoms with Crippen molar-refractivity contribution in [2.45, 2.75) is 6.92 Å². The quantitative estimate of drug-likeness (QED) is 0.293. The van der Waals surface area contributed by atoms with Crippen LogP contribution in [0.4, 0.5) is 5.69 Å². The average Bonchev–Trinajstić information content (AvgIpc) is 2.20. The number of azide groups is 1. The maximum Gasteiger partial charge on any atom is 0.488 e. The molecule has 7 nitrogen and oxygen atoms in total. The second-order valence-electron chi connectivity index (χ2n) is 3.08. The first-order valence-corrected chi connectivity index (χ1v) is 4.26. The van der Waals surface area contributed by atoms with E-state index in [1.165, 1.54) is 13.0 Å². The Hall–Kier alpha value is -2.02. The fraction of sp³-hybridized carbons (Fsp3) is 0.125. The Morgan fingerprint density at radius 2 is 2.12 bits per heavy atom. The van der Waals surface area contributed by atoms with Crippen molar-refractivity contribution in [2.75, 3.05) is 0 Å². The van der Waals surface area contributed by atoms with Gasteiger partial charge in [-0.05, 0) is 35.6 Å². The first-order valence-electron chi connectivity index (χ1n) is 4.26. The first kappa shape index (κ1) is 12.1. The van der Waals surface area contributed by atoms with Gasteiger partial charge in [0.25, 0.3) is 0 Å². The van der Waals surface area contributed by atoms with Crippen LogP contribution in [-0.4, -0.2) is 28.2 Å². The molecule has 3 N–H and O–H groups in total. The molecule has 0 bridgehead atoms. The molecular weight excluding hydrogens is 213 g/mol. The van der Waals surface area contributed by atoms with Gasteiger partial charge < -0.3 is 15.2 Å². The molecule has 1 aromatic carbocycles. The van der Waals surface area contributed by atoms with Crippen LogP contribution in [0.15, 0.2) is 17.2 Å². The molecule has 0 unspecified atom stereocenters. The fourth-order valence-electron chi connectivity index (χ4n) is 1.26. The number of carboxylic acid groups (broad SMARTS) is 1. The largest absolute Gasteiger partial charge is 0.488 e. The molecule has 0 aliphatic carbocycles. The van der Waals surface area contributed by atoms with Crippen molar-refractivity contribution in [1.29, 1.82) is 0 Å². The average molecular weight is 221 g/mol. The van der Waals surface area contributed by atoms with E-state index < -0.39 is 13.1 Å². The van der Waals surface area contributed by atoms with Gasteiger partial charge in [0.2, 0.25) is 0 Å². The summed E-state index contributed by atoms with van der Waals surface area (Å²) in [5.41, 5.74) is 8.51. The van der Waals surface area contributed by atoms with Gasteiger partial charge in [-0.15, -0.1) is 0 Å². The fourth-order valence-corrected chi connectivity index (χ4v) is 1.26. The van der Waals surface area contributed by atoms with Crippen molar-refractivity contribution in [3.05, 3.63) is 33.7 Å². The van der Waals surface area contributed by atoms with Gasteiger partial charge >= 0.3 is 13.1 Å². The highest BCUT2D eigenvalue weighted by molar-refractivity contribution is 6.59. The molecule has 82 valence electrons. The number of rotatable bonds is 3. The van der Waals surface area contributed by atoms with Crippen molar-refractivity contribution in [2.24, 2.45) is 5.11 Å². The summed E-state index contributed by atoms with van der Waals surface area (Å²) in [6.07, 6.45) is 0. The van der Waals surface area contributed by atoms with Crippen LogP contribution in [-0.2, 0) is 0 Å². The summed E-state index contributed by atoms with van der Waals surface area (Å²) < 4.78 is 0. The predicted octanol–water partition coefficient (Wildman–Crippen LogP) is 0.315. The third kappa shape index (κ3) is 2.32. The summed E-state index contributed by atoms with van der Waals surface area (Å²) in [6.45, 7) is 1.50. The van der Waals surface area contributed by atoms with E-state index in [1.807, 2.05) is 0 Å². The van der Waals surface area contributed by atoms with Gasteiger partial charge in [0.15, 0.2) is 0 Å². The first-order chi connectivity index (χ1) is 7.47. The lowest BCUT2D eigenvalue weighted by Crippen LogP contribution is -2.32. The van der Waals surface area contributed by atoms with Gasteiger partial charge in [-0.2, -0.15) is 0 Å². The Morgan fingerprint density at radius 1 is 1.50 bits per heavy atom. The molecule has 0 atom stereocenters. The van der Waals surface area contributed by atoms with Crippen LogP contribution < -0.4 is 5.46 Å². The zero-order valence-corrected chi connectivity index (χ0v) is 8.32. The molecule has 0 saturated carbocycles. The Labute approximate surface area is 90.7 Å². The van der Waals surface area contributed by atoms with E-state index in [0.717, 1.165) is 6.07 Å². The summed E-state index contributed by atoms with van der Waals surface area (Å²) in [6, 6.07) is 2.29. The molecule has 0 aliphatic rings. The van der Waals surface area contributed by atoms with E-state index in [0.29, 0.717) is 5.56 Å². The van der Waals surface area contributed by atoms with E-state index in [9.17, 15) is 4.79 Å². The second kappa shape index (κ2) is 4.67. The normalized spacial score (nSPS) is 9.44. The molecule has 8 heteroatoms. The Balaban J connectivity index is 3.50. The maximum absolute atomic E-state index is 10.7. The summed E-state index contributed by atoms with van der Waals surface area (Å²) in [5, 5.41) is 30.1. The molecule has 1 rings (SSSR count). The van der Waals surface area contributed by atoms with Gasteiger partial charge in [-0.25, -0.2) is 4.79 Å². The molecular formula is C8H8BN3O4. The highest BCUT2D eigenvalue weighted by atomic mass is 16.4. The number of aromatic carboxylic acids is 1. The number of carbonyl (C=O) groups is 1. The zero-order chi connectivity index (χ0) is 12.3. The van der Waals surface area contributed by atoms with Crippen LogP contribution in [0.25, 0.3) is 10.4 Å². The standard InChI is InChI=1S/C8H8BN3O4/c1-4-6(9(15)16)2-5(8(13)14)3-7(4)11-12-10/h2-3,15-16H,1H3,(H,13,14). The molecule has 1 aromatic rings. The Bertz CT molecular complexity index is 482. The molecule has 0 aromatic heterocycles. The van der Waals surface area contributed by atoms with Crippen molar-refractivity contribution in [3.63, 3.8) is 0 Å². The zero-order valence-electron chi connectivity index (χ0n) is 8.32. The lowest BCUT2D eigenvalue weighted by molar-refractivity contribution is 0.0697. The van der Waals surface area contributed by atoms with E-state index in [-0.39, 0.29) is 16.7 Å². The van der Waals surface area contributed by atoms with Gasteiger partial charge in [-0.1, -0.05) is 5.11 Å².